The summed E-state index contributed by atoms with van der Waals surface area (Å²) in [5.41, 5.74) is 0.00647. The van der Waals surface area contributed by atoms with Crippen molar-refractivity contribution in [1.82, 2.24) is 15.2 Å². The van der Waals surface area contributed by atoms with Gasteiger partial charge in [0.05, 0.1) is 5.54 Å². The summed E-state index contributed by atoms with van der Waals surface area (Å²) in [5.74, 6) is 0. The number of halogens is 5. The summed E-state index contributed by atoms with van der Waals surface area (Å²) in [6.45, 7) is 2.69. The van der Waals surface area contributed by atoms with Crippen molar-refractivity contribution in [3.05, 3.63) is 23.5 Å². The summed E-state index contributed by atoms with van der Waals surface area (Å²) in [6, 6.07) is 2.85. The van der Waals surface area contributed by atoms with Gasteiger partial charge in [0.15, 0.2) is 0 Å². The molecule has 1 spiro atoms. The van der Waals surface area contributed by atoms with Gasteiger partial charge in [0.2, 0.25) is 0 Å². The summed E-state index contributed by atoms with van der Waals surface area (Å²) >= 11 is 0. The van der Waals surface area contributed by atoms with Gasteiger partial charge in [-0.2, -0.15) is 13.2 Å². The number of fused-ring (bicyclic) bond motifs is 2. The molecule has 0 saturated carbocycles. The number of piperidine rings is 1. The highest BCUT2D eigenvalue weighted by Crippen LogP contribution is 2.38. The molecule has 116 valence electrons. The third-order valence-corrected chi connectivity index (χ3v) is 4.02. The molecule has 0 bridgehead atoms. The zero-order valence-corrected chi connectivity index (χ0v) is 12.4. The average molecular weight is 332 g/mol. The van der Waals surface area contributed by atoms with Crippen LogP contribution in [0, 0.1) is 0 Å². The number of nitrogens with zero attached hydrogens (tertiary/aromatic N) is 1. The van der Waals surface area contributed by atoms with E-state index in [-0.39, 0.29) is 30.4 Å². The predicted octanol–water partition coefficient (Wildman–Crippen LogP) is 2.53. The molecule has 1 aromatic heterocycles. The Morgan fingerprint density at radius 2 is 1.70 bits per heavy atom. The molecule has 1 fully saturated rings. The van der Waals surface area contributed by atoms with Crippen LogP contribution in [0.3, 0.4) is 0 Å². The van der Waals surface area contributed by atoms with E-state index in [4.69, 9.17) is 0 Å². The molecule has 2 aliphatic rings. The Morgan fingerprint density at radius 3 is 2.30 bits per heavy atom. The third kappa shape index (κ3) is 2.79. The van der Waals surface area contributed by atoms with Crippen molar-refractivity contribution in [2.75, 3.05) is 19.6 Å². The molecule has 8 heteroatoms. The monoisotopic (exact) mass is 331 g/mol. The van der Waals surface area contributed by atoms with Crippen molar-refractivity contribution in [2.45, 2.75) is 31.1 Å². The average Bonchev–Trinajstić information content (AvgIpc) is 2.75. The van der Waals surface area contributed by atoms with Gasteiger partial charge in [0, 0.05) is 18.8 Å². The maximum absolute atomic E-state index is 12.9. The van der Waals surface area contributed by atoms with E-state index < -0.39 is 11.9 Å². The fourth-order valence-corrected chi connectivity index (χ4v) is 3.16. The highest BCUT2D eigenvalue weighted by atomic mass is 35.5. The van der Waals surface area contributed by atoms with Crippen LogP contribution in [-0.4, -0.2) is 24.2 Å². The normalized spacial score (nSPS) is 20.8. The quantitative estimate of drug-likeness (QED) is 0.765. The van der Waals surface area contributed by atoms with E-state index in [1.165, 1.54) is 10.6 Å². The van der Waals surface area contributed by atoms with Crippen LogP contribution in [0.2, 0.25) is 0 Å². The minimum absolute atomic E-state index is 0. The first-order valence-corrected chi connectivity index (χ1v) is 6.26. The van der Waals surface area contributed by atoms with Crippen LogP contribution in [0.5, 0.6) is 0 Å². The van der Waals surface area contributed by atoms with Gasteiger partial charge in [-0.1, -0.05) is 0 Å². The van der Waals surface area contributed by atoms with Crippen molar-refractivity contribution in [2.24, 2.45) is 0 Å². The lowest BCUT2D eigenvalue weighted by Crippen LogP contribution is -2.54. The highest BCUT2D eigenvalue weighted by Gasteiger charge is 2.42. The summed E-state index contributed by atoms with van der Waals surface area (Å²) < 4.78 is 40.2. The number of nitrogens with one attached hydrogen (secondary N) is 2. The topological polar surface area (TPSA) is 29.0 Å². The van der Waals surface area contributed by atoms with E-state index in [1.807, 2.05) is 0 Å². The minimum Gasteiger partial charge on any atom is -0.338 e. The van der Waals surface area contributed by atoms with Gasteiger partial charge < -0.3 is 15.2 Å². The molecule has 0 aliphatic carbocycles. The van der Waals surface area contributed by atoms with Crippen LogP contribution in [-0.2, 0) is 18.3 Å². The van der Waals surface area contributed by atoms with Gasteiger partial charge in [-0.15, -0.1) is 24.8 Å². The first-order valence-electron chi connectivity index (χ1n) is 6.26. The van der Waals surface area contributed by atoms with Crippen LogP contribution in [0.1, 0.15) is 24.2 Å². The molecule has 3 nitrogen and oxygen atoms in total. The lowest BCUT2D eigenvalue weighted by atomic mass is 9.84. The van der Waals surface area contributed by atoms with Crippen molar-refractivity contribution in [3.8, 4) is 0 Å². The van der Waals surface area contributed by atoms with E-state index in [2.05, 4.69) is 10.6 Å². The second-order valence-electron chi connectivity index (χ2n) is 5.01. The number of aromatic nitrogens is 1. The van der Waals surface area contributed by atoms with Gasteiger partial charge in [-0.25, -0.2) is 0 Å². The second-order valence-corrected chi connectivity index (χ2v) is 5.01. The summed E-state index contributed by atoms with van der Waals surface area (Å²) in [4.78, 5) is 0. The smallest absolute Gasteiger partial charge is 0.338 e. The number of hydrogen-bond acceptors (Lipinski definition) is 2. The molecule has 3 rings (SSSR count). The van der Waals surface area contributed by atoms with Crippen molar-refractivity contribution >= 4 is 24.8 Å². The Balaban J connectivity index is 0.000001000. The number of rotatable bonds is 0. The lowest BCUT2D eigenvalue weighted by molar-refractivity contribution is -0.144. The Bertz CT molecular complexity index is 453. The van der Waals surface area contributed by atoms with E-state index in [0.29, 0.717) is 13.1 Å². The van der Waals surface area contributed by atoms with Gasteiger partial charge in [-0.3, -0.25) is 0 Å². The first-order chi connectivity index (χ1) is 8.53. The van der Waals surface area contributed by atoms with Crippen molar-refractivity contribution in [1.29, 1.82) is 0 Å². The number of alkyl halides is 3. The summed E-state index contributed by atoms with van der Waals surface area (Å²) in [6.07, 6.45) is -2.58. The zero-order valence-electron chi connectivity index (χ0n) is 10.8. The van der Waals surface area contributed by atoms with E-state index in [1.54, 1.807) is 6.07 Å². The fraction of sp³-hybridized carbons (Fsp3) is 0.667. The van der Waals surface area contributed by atoms with E-state index >= 15 is 0 Å². The van der Waals surface area contributed by atoms with Gasteiger partial charge >= 0.3 is 6.18 Å². The predicted molar refractivity (Wildman–Crippen MR) is 75.7 cm³/mol. The zero-order chi connectivity index (χ0) is 12.8. The van der Waals surface area contributed by atoms with E-state index in [9.17, 15) is 13.2 Å². The molecule has 20 heavy (non-hydrogen) atoms. The molecule has 1 aromatic rings. The minimum atomic E-state index is -4.26. The van der Waals surface area contributed by atoms with Crippen LogP contribution >= 0.6 is 24.8 Å². The Labute approximate surface area is 128 Å². The molecule has 3 heterocycles. The molecule has 1 saturated heterocycles. The highest BCUT2D eigenvalue weighted by molar-refractivity contribution is 5.85. The third-order valence-electron chi connectivity index (χ3n) is 4.02. The first kappa shape index (κ1) is 17.6. The van der Waals surface area contributed by atoms with Crippen LogP contribution in [0.25, 0.3) is 0 Å². The molecule has 0 radical (unpaired) electrons. The summed E-state index contributed by atoms with van der Waals surface area (Å²) in [7, 11) is 0. The second kappa shape index (κ2) is 6.13. The molecular weight excluding hydrogens is 314 g/mol. The van der Waals surface area contributed by atoms with Gasteiger partial charge in [0.1, 0.15) is 5.69 Å². The molecule has 2 aliphatic heterocycles. The molecule has 0 atom stereocenters. The maximum atomic E-state index is 12.9. The standard InChI is InChI=1S/C12H16F3N3.2ClH/c13-12(14,15)10-2-1-9-11(3-5-16-6-4-11)17-7-8-18(9)10;;/h1-2,16-17H,3-8H2;2*1H. The maximum Gasteiger partial charge on any atom is 0.431 e. The van der Waals surface area contributed by atoms with E-state index in [0.717, 1.165) is 31.6 Å². The fourth-order valence-electron chi connectivity index (χ4n) is 3.16. The lowest BCUT2D eigenvalue weighted by Gasteiger charge is -2.43. The molecule has 0 aromatic carbocycles. The van der Waals surface area contributed by atoms with Crippen LogP contribution in [0.15, 0.2) is 12.1 Å². The molecular formula is C12H18Cl2F3N3. The van der Waals surface area contributed by atoms with Crippen molar-refractivity contribution < 1.29 is 13.2 Å². The summed E-state index contributed by atoms with van der Waals surface area (Å²) in [5, 5.41) is 6.68. The Hall–Kier alpha value is -0.430. The molecule has 2 N–H and O–H groups in total. The van der Waals surface area contributed by atoms with Gasteiger partial charge in [-0.05, 0) is 38.1 Å². The largest absolute Gasteiger partial charge is 0.431 e. The Kier molecular flexibility index (Phi) is 5.40. The van der Waals surface area contributed by atoms with Gasteiger partial charge in [0.25, 0.3) is 0 Å². The van der Waals surface area contributed by atoms with Crippen LogP contribution < -0.4 is 10.6 Å². The van der Waals surface area contributed by atoms with Crippen molar-refractivity contribution in [3.63, 3.8) is 0 Å². The Morgan fingerprint density at radius 1 is 1.05 bits per heavy atom. The SMILES string of the molecule is Cl.Cl.FC(F)(F)c1ccc2n1CCNC21CCNCC1. The molecule has 0 amide bonds. The van der Waals surface area contributed by atoms with Crippen LogP contribution in [0.4, 0.5) is 13.2 Å². The number of hydrogen-bond donors (Lipinski definition) is 2. The molecule has 0 unspecified atom stereocenters.